The highest BCUT2D eigenvalue weighted by Gasteiger charge is 2.31. The predicted molar refractivity (Wildman–Crippen MR) is 117 cm³/mol. The van der Waals surface area contributed by atoms with Crippen LogP contribution in [0, 0.1) is 11.8 Å². The van der Waals surface area contributed by atoms with Crippen molar-refractivity contribution in [3.8, 4) is 0 Å². The number of aromatic nitrogens is 4. The second-order valence-electron chi connectivity index (χ2n) is 7.93. The first-order valence-electron chi connectivity index (χ1n) is 10.0. The summed E-state index contributed by atoms with van der Waals surface area (Å²) in [5, 5.41) is 12.9. The Balaban J connectivity index is 1.50. The molecule has 30 heavy (non-hydrogen) atoms. The lowest BCUT2D eigenvalue weighted by atomic mass is 10.00. The molecule has 4 rings (SSSR count). The molecule has 0 bridgehead atoms. The fraction of sp³-hybridized carbons (Fsp3) is 0.364. The molecule has 3 heterocycles. The van der Waals surface area contributed by atoms with Gasteiger partial charge in [-0.25, -0.2) is 9.97 Å². The smallest absolute Gasteiger partial charge is 0.199 e. The molecule has 0 aliphatic heterocycles. The van der Waals surface area contributed by atoms with Gasteiger partial charge in [0.2, 0.25) is 0 Å². The maximum absolute atomic E-state index is 13.2. The Morgan fingerprint density at radius 3 is 2.93 bits per heavy atom. The highest BCUT2D eigenvalue weighted by molar-refractivity contribution is 9.10. The summed E-state index contributed by atoms with van der Waals surface area (Å²) in [6.45, 7) is 2.96. The van der Waals surface area contributed by atoms with Gasteiger partial charge >= 0.3 is 0 Å². The van der Waals surface area contributed by atoms with E-state index in [9.17, 15) is 9.90 Å². The van der Waals surface area contributed by atoms with Crippen molar-refractivity contribution in [1.82, 2.24) is 19.5 Å². The standard InChI is InChI=1S/C22H24BrN5O2/c1-14-4-19(6-17(14)12-29)27-22-20(9-25-13-26-22)21(30)16-2-3-28(11-16)10-15-5-18(23)8-24-7-15/h2-3,5,7-9,11,13-14,17,19,29H,4,6,10,12H2,1H3,(H,25,26,27)/t14-,17+,19-/m0/s1. The molecule has 0 saturated heterocycles. The molecule has 0 unspecified atom stereocenters. The van der Waals surface area contributed by atoms with Crippen LogP contribution in [-0.2, 0) is 6.54 Å². The molecular formula is C22H24BrN5O2. The third-order valence-corrected chi connectivity index (χ3v) is 6.15. The van der Waals surface area contributed by atoms with Crippen LogP contribution in [0.25, 0.3) is 0 Å². The van der Waals surface area contributed by atoms with Gasteiger partial charge in [0.05, 0.1) is 5.56 Å². The normalized spacial score (nSPS) is 21.0. The Morgan fingerprint density at radius 2 is 2.17 bits per heavy atom. The van der Waals surface area contributed by atoms with Gasteiger partial charge in [-0.1, -0.05) is 6.92 Å². The average molecular weight is 470 g/mol. The molecule has 156 valence electrons. The largest absolute Gasteiger partial charge is 0.396 e. The van der Waals surface area contributed by atoms with Crippen molar-refractivity contribution in [2.45, 2.75) is 32.4 Å². The van der Waals surface area contributed by atoms with Crippen LogP contribution in [0.3, 0.4) is 0 Å². The van der Waals surface area contributed by atoms with Crippen molar-refractivity contribution in [3.63, 3.8) is 0 Å². The summed E-state index contributed by atoms with van der Waals surface area (Å²) >= 11 is 3.43. The van der Waals surface area contributed by atoms with Gasteiger partial charge in [-0.2, -0.15) is 0 Å². The number of halogens is 1. The number of nitrogens with one attached hydrogen (secondary N) is 1. The first-order valence-corrected chi connectivity index (χ1v) is 10.8. The second kappa shape index (κ2) is 9.06. The van der Waals surface area contributed by atoms with Crippen LogP contribution < -0.4 is 5.32 Å². The first kappa shape index (κ1) is 20.7. The minimum Gasteiger partial charge on any atom is -0.396 e. The summed E-state index contributed by atoms with van der Waals surface area (Å²) < 4.78 is 2.88. The number of pyridine rings is 1. The number of nitrogens with zero attached hydrogens (tertiary/aromatic N) is 4. The molecule has 3 atom stereocenters. The summed E-state index contributed by atoms with van der Waals surface area (Å²) in [5.41, 5.74) is 2.08. The number of hydrogen-bond donors (Lipinski definition) is 2. The molecule has 1 aliphatic rings. The zero-order valence-electron chi connectivity index (χ0n) is 16.7. The number of carbonyl (C=O) groups excluding carboxylic acids is 1. The molecule has 8 heteroatoms. The first-order chi connectivity index (χ1) is 14.5. The number of hydrogen-bond acceptors (Lipinski definition) is 6. The fourth-order valence-electron chi connectivity index (χ4n) is 4.09. The Morgan fingerprint density at radius 1 is 1.30 bits per heavy atom. The number of anilines is 1. The lowest BCUT2D eigenvalue weighted by molar-refractivity contribution is 0.103. The molecule has 3 aromatic rings. The fourth-order valence-corrected chi connectivity index (χ4v) is 4.51. The molecule has 2 N–H and O–H groups in total. The van der Waals surface area contributed by atoms with E-state index in [2.05, 4.69) is 43.1 Å². The van der Waals surface area contributed by atoms with E-state index in [4.69, 9.17) is 0 Å². The molecule has 0 radical (unpaired) electrons. The van der Waals surface area contributed by atoms with Crippen LogP contribution in [-0.4, -0.2) is 43.1 Å². The number of aliphatic hydroxyl groups excluding tert-OH is 1. The molecule has 0 aromatic carbocycles. The van der Waals surface area contributed by atoms with Gasteiger partial charge in [-0.3, -0.25) is 9.78 Å². The Bertz CT molecular complexity index is 1040. The van der Waals surface area contributed by atoms with Crippen LogP contribution in [0.1, 0.15) is 41.3 Å². The molecule has 1 fully saturated rings. The van der Waals surface area contributed by atoms with E-state index in [1.807, 2.05) is 35.3 Å². The van der Waals surface area contributed by atoms with E-state index in [0.29, 0.717) is 29.4 Å². The second-order valence-corrected chi connectivity index (χ2v) is 8.85. The van der Waals surface area contributed by atoms with Crippen LogP contribution in [0.15, 0.2) is 53.9 Å². The molecule has 0 amide bonds. The lowest BCUT2D eigenvalue weighted by Crippen LogP contribution is -2.20. The van der Waals surface area contributed by atoms with Crippen LogP contribution in [0.5, 0.6) is 0 Å². The molecule has 7 nitrogen and oxygen atoms in total. The molecule has 1 saturated carbocycles. The van der Waals surface area contributed by atoms with Crippen molar-refractivity contribution in [1.29, 1.82) is 0 Å². The van der Waals surface area contributed by atoms with Gasteiger partial charge in [0.1, 0.15) is 12.1 Å². The Labute approximate surface area is 183 Å². The zero-order chi connectivity index (χ0) is 21.1. The van der Waals surface area contributed by atoms with Crippen molar-refractivity contribution >= 4 is 27.5 Å². The average Bonchev–Trinajstić information content (AvgIpc) is 3.34. The quantitative estimate of drug-likeness (QED) is 0.514. The van der Waals surface area contributed by atoms with Gasteiger partial charge in [0.25, 0.3) is 0 Å². The van der Waals surface area contributed by atoms with Gasteiger partial charge in [0.15, 0.2) is 5.78 Å². The Hall–Kier alpha value is -2.58. The third kappa shape index (κ3) is 4.60. The number of carbonyl (C=O) groups is 1. The van der Waals surface area contributed by atoms with Crippen LogP contribution in [0.2, 0.25) is 0 Å². The van der Waals surface area contributed by atoms with Crippen molar-refractivity contribution in [3.05, 3.63) is 70.6 Å². The highest BCUT2D eigenvalue weighted by atomic mass is 79.9. The summed E-state index contributed by atoms with van der Waals surface area (Å²) in [5.74, 6) is 1.16. The molecule has 1 aliphatic carbocycles. The van der Waals surface area contributed by atoms with E-state index >= 15 is 0 Å². The van der Waals surface area contributed by atoms with Gasteiger partial charge in [-0.15, -0.1) is 0 Å². The summed E-state index contributed by atoms with van der Waals surface area (Å²) in [7, 11) is 0. The van der Waals surface area contributed by atoms with Crippen LogP contribution >= 0.6 is 15.9 Å². The van der Waals surface area contributed by atoms with Gasteiger partial charge in [0, 0.05) is 60.2 Å². The molecular weight excluding hydrogens is 446 g/mol. The number of rotatable bonds is 7. The topological polar surface area (TPSA) is 92.9 Å². The van der Waals surface area contributed by atoms with E-state index in [0.717, 1.165) is 22.9 Å². The highest BCUT2D eigenvalue weighted by Crippen LogP contribution is 2.33. The van der Waals surface area contributed by atoms with E-state index in [1.54, 1.807) is 12.4 Å². The minimum absolute atomic E-state index is 0.117. The third-order valence-electron chi connectivity index (χ3n) is 5.72. The zero-order valence-corrected chi connectivity index (χ0v) is 18.3. The monoisotopic (exact) mass is 469 g/mol. The lowest BCUT2D eigenvalue weighted by Gasteiger charge is -2.15. The van der Waals surface area contributed by atoms with Crippen molar-refractivity contribution in [2.75, 3.05) is 11.9 Å². The van der Waals surface area contributed by atoms with Gasteiger partial charge < -0.3 is 15.0 Å². The van der Waals surface area contributed by atoms with E-state index in [-0.39, 0.29) is 24.3 Å². The predicted octanol–water partition coefficient (Wildman–Crippen LogP) is 3.53. The van der Waals surface area contributed by atoms with E-state index < -0.39 is 0 Å². The van der Waals surface area contributed by atoms with E-state index in [1.165, 1.54) is 6.33 Å². The maximum atomic E-state index is 13.2. The van der Waals surface area contributed by atoms with Crippen molar-refractivity contribution in [2.24, 2.45) is 11.8 Å². The van der Waals surface area contributed by atoms with Crippen molar-refractivity contribution < 1.29 is 9.90 Å². The summed E-state index contributed by atoms with van der Waals surface area (Å²) in [6, 6.07) is 4.00. The summed E-state index contributed by atoms with van der Waals surface area (Å²) in [4.78, 5) is 25.7. The SMILES string of the molecule is C[C@H]1C[C@H](Nc2ncncc2C(=O)c2ccn(Cc3cncc(Br)c3)c2)C[C@@H]1CO. The maximum Gasteiger partial charge on any atom is 0.199 e. The number of ketones is 1. The summed E-state index contributed by atoms with van der Waals surface area (Å²) in [6.07, 6.45) is 12.1. The number of aliphatic hydroxyl groups is 1. The van der Waals surface area contributed by atoms with Gasteiger partial charge in [-0.05, 0) is 58.3 Å². The molecule has 3 aromatic heterocycles. The molecule has 0 spiro atoms. The minimum atomic E-state index is -0.117. The Kier molecular flexibility index (Phi) is 6.24. The van der Waals surface area contributed by atoms with Crippen LogP contribution in [0.4, 0.5) is 5.82 Å².